The van der Waals surface area contributed by atoms with Crippen molar-refractivity contribution in [3.63, 3.8) is 0 Å². The largest absolute Gasteiger partial charge is 0.444 e. The highest BCUT2D eigenvalue weighted by atomic mass is 16.6. The SMILES string of the molecule is CCn1c(CC[C@@H]2CCCN2C(=O)C2CCCCN2C(=O)OC(C)(C)C)cc2ccc(C#N)cc21. The predicted octanol–water partition coefficient (Wildman–Crippen LogP) is 5.25. The van der Waals surface area contributed by atoms with Crippen LogP contribution in [0.2, 0.25) is 0 Å². The molecule has 0 saturated carbocycles. The molecule has 2 aliphatic rings. The zero-order valence-corrected chi connectivity index (χ0v) is 21.5. The first-order chi connectivity index (χ1) is 16.7. The van der Waals surface area contributed by atoms with E-state index < -0.39 is 11.6 Å². The summed E-state index contributed by atoms with van der Waals surface area (Å²) in [7, 11) is 0. The van der Waals surface area contributed by atoms with E-state index in [1.807, 2.05) is 43.9 Å². The first-order valence-corrected chi connectivity index (χ1v) is 13.0. The Morgan fingerprint density at radius 1 is 1.09 bits per heavy atom. The second kappa shape index (κ2) is 10.3. The average Bonchev–Trinajstić information content (AvgIpc) is 3.44. The van der Waals surface area contributed by atoms with Gasteiger partial charge in [0.05, 0.1) is 11.6 Å². The van der Waals surface area contributed by atoms with Gasteiger partial charge >= 0.3 is 6.09 Å². The fraction of sp³-hybridized carbons (Fsp3) is 0.607. The number of rotatable bonds is 5. The maximum atomic E-state index is 13.7. The Kier molecular flexibility index (Phi) is 7.39. The van der Waals surface area contributed by atoms with Crippen LogP contribution >= 0.6 is 0 Å². The van der Waals surface area contributed by atoms with E-state index in [9.17, 15) is 14.9 Å². The van der Waals surface area contributed by atoms with Gasteiger partial charge in [0.1, 0.15) is 11.6 Å². The van der Waals surface area contributed by atoms with Crippen molar-refractivity contribution in [3.05, 3.63) is 35.5 Å². The second-order valence-corrected chi connectivity index (χ2v) is 10.8. The zero-order chi connectivity index (χ0) is 25.2. The summed E-state index contributed by atoms with van der Waals surface area (Å²) in [6.45, 7) is 9.88. The van der Waals surface area contributed by atoms with Gasteiger partial charge in [-0.15, -0.1) is 0 Å². The molecule has 1 aromatic carbocycles. The lowest BCUT2D eigenvalue weighted by atomic mass is 10.00. The number of hydrogen-bond acceptors (Lipinski definition) is 4. The number of aryl methyl sites for hydroxylation is 2. The first kappa shape index (κ1) is 25.1. The summed E-state index contributed by atoms with van der Waals surface area (Å²) in [5.41, 5.74) is 2.43. The Bertz CT molecular complexity index is 1120. The third kappa shape index (κ3) is 5.47. The molecule has 35 heavy (non-hydrogen) atoms. The minimum absolute atomic E-state index is 0.0766. The van der Waals surface area contributed by atoms with E-state index in [0.717, 1.165) is 62.5 Å². The van der Waals surface area contributed by atoms with Crippen LogP contribution in [-0.4, -0.2) is 57.1 Å². The summed E-state index contributed by atoms with van der Waals surface area (Å²) < 4.78 is 7.90. The van der Waals surface area contributed by atoms with E-state index in [0.29, 0.717) is 18.5 Å². The lowest BCUT2D eigenvalue weighted by Gasteiger charge is -2.38. The molecule has 2 amide bonds. The Labute approximate surface area is 208 Å². The van der Waals surface area contributed by atoms with Crippen molar-refractivity contribution >= 4 is 22.9 Å². The summed E-state index contributed by atoms with van der Waals surface area (Å²) in [6.07, 6.45) is 5.94. The van der Waals surface area contributed by atoms with E-state index in [1.54, 1.807) is 4.90 Å². The number of amides is 2. The van der Waals surface area contributed by atoms with Crippen LogP contribution in [0.1, 0.15) is 77.5 Å². The van der Waals surface area contributed by atoms with Gasteiger partial charge in [0, 0.05) is 36.9 Å². The molecule has 1 unspecified atom stereocenters. The molecule has 2 aromatic rings. The summed E-state index contributed by atoms with van der Waals surface area (Å²) >= 11 is 0. The zero-order valence-electron chi connectivity index (χ0n) is 21.5. The smallest absolute Gasteiger partial charge is 0.410 e. The van der Waals surface area contributed by atoms with Crippen LogP contribution in [0.4, 0.5) is 4.79 Å². The van der Waals surface area contributed by atoms with Crippen LogP contribution in [0.25, 0.3) is 10.9 Å². The Balaban J connectivity index is 1.47. The molecular weight excluding hydrogens is 440 g/mol. The maximum Gasteiger partial charge on any atom is 0.410 e. The number of carbonyl (C=O) groups is 2. The van der Waals surface area contributed by atoms with Gasteiger partial charge in [-0.3, -0.25) is 9.69 Å². The number of fused-ring (bicyclic) bond motifs is 1. The van der Waals surface area contributed by atoms with Crippen molar-refractivity contribution in [2.45, 2.75) is 96.9 Å². The molecule has 0 N–H and O–H groups in total. The fourth-order valence-corrected chi connectivity index (χ4v) is 5.62. The van der Waals surface area contributed by atoms with Gasteiger partial charge in [-0.05, 0) is 96.2 Å². The normalized spacial score (nSPS) is 20.8. The molecule has 0 spiro atoms. The van der Waals surface area contributed by atoms with Crippen molar-refractivity contribution < 1.29 is 14.3 Å². The molecule has 0 bridgehead atoms. The van der Waals surface area contributed by atoms with Crippen LogP contribution < -0.4 is 0 Å². The number of hydrogen-bond donors (Lipinski definition) is 0. The number of piperidine rings is 1. The van der Waals surface area contributed by atoms with Crippen molar-refractivity contribution in [2.75, 3.05) is 13.1 Å². The molecule has 0 radical (unpaired) electrons. The van der Waals surface area contributed by atoms with Gasteiger partial charge < -0.3 is 14.2 Å². The molecular formula is C28H38N4O3. The second-order valence-electron chi connectivity index (χ2n) is 10.8. The molecule has 3 heterocycles. The molecule has 7 nitrogen and oxygen atoms in total. The molecule has 2 saturated heterocycles. The van der Waals surface area contributed by atoms with E-state index >= 15 is 0 Å². The van der Waals surface area contributed by atoms with Crippen LogP contribution in [0.3, 0.4) is 0 Å². The molecule has 7 heteroatoms. The van der Waals surface area contributed by atoms with E-state index in [4.69, 9.17) is 4.74 Å². The summed E-state index contributed by atoms with van der Waals surface area (Å²) in [4.78, 5) is 30.2. The highest BCUT2D eigenvalue weighted by Crippen LogP contribution is 2.29. The molecule has 2 fully saturated rings. The molecule has 1 aromatic heterocycles. The summed E-state index contributed by atoms with van der Waals surface area (Å²) in [6, 6.07) is 10.1. The van der Waals surface area contributed by atoms with Gasteiger partial charge in [0.2, 0.25) is 5.91 Å². The Hall–Kier alpha value is -3.01. The van der Waals surface area contributed by atoms with Crippen molar-refractivity contribution in [1.29, 1.82) is 5.26 Å². The highest BCUT2D eigenvalue weighted by Gasteiger charge is 2.40. The van der Waals surface area contributed by atoms with Crippen LogP contribution in [-0.2, 0) is 22.5 Å². The molecule has 188 valence electrons. The first-order valence-electron chi connectivity index (χ1n) is 13.0. The van der Waals surface area contributed by atoms with E-state index in [-0.39, 0.29) is 18.0 Å². The van der Waals surface area contributed by atoms with Crippen LogP contribution in [0, 0.1) is 11.3 Å². The Morgan fingerprint density at radius 2 is 1.86 bits per heavy atom. The van der Waals surface area contributed by atoms with Gasteiger partial charge in [-0.2, -0.15) is 5.26 Å². The highest BCUT2D eigenvalue weighted by molar-refractivity contribution is 5.86. The number of benzene rings is 1. The van der Waals surface area contributed by atoms with Gasteiger partial charge in [-0.1, -0.05) is 6.07 Å². The minimum atomic E-state index is -0.579. The number of likely N-dealkylation sites (tertiary alicyclic amines) is 2. The summed E-state index contributed by atoms with van der Waals surface area (Å²) in [5, 5.41) is 10.4. The topological polar surface area (TPSA) is 78.6 Å². The van der Waals surface area contributed by atoms with Crippen LogP contribution in [0.5, 0.6) is 0 Å². The minimum Gasteiger partial charge on any atom is -0.444 e. The standard InChI is InChI=1S/C28H38N4O3/c1-5-30-23(18-21-12-11-20(19-29)17-25(21)30)14-13-22-9-8-16-31(22)26(33)24-10-6-7-15-32(24)27(34)35-28(2,3)4/h11-12,17-18,22,24H,5-10,13-16H2,1-4H3/t22-,24?/m0/s1. The number of carbonyl (C=O) groups excluding carboxylic acids is 2. The number of ether oxygens (including phenoxy) is 1. The number of aromatic nitrogens is 1. The molecule has 2 aliphatic heterocycles. The predicted molar refractivity (Wildman–Crippen MR) is 136 cm³/mol. The van der Waals surface area contributed by atoms with Gasteiger partial charge in [0.15, 0.2) is 0 Å². The van der Waals surface area contributed by atoms with Crippen molar-refractivity contribution in [1.82, 2.24) is 14.4 Å². The average molecular weight is 479 g/mol. The van der Waals surface area contributed by atoms with Gasteiger partial charge in [0.25, 0.3) is 0 Å². The molecule has 4 rings (SSSR count). The van der Waals surface area contributed by atoms with Crippen molar-refractivity contribution in [3.8, 4) is 6.07 Å². The van der Waals surface area contributed by atoms with Crippen molar-refractivity contribution in [2.24, 2.45) is 0 Å². The lowest BCUT2D eigenvalue weighted by Crippen LogP contribution is -2.54. The third-order valence-electron chi connectivity index (χ3n) is 7.25. The Morgan fingerprint density at radius 3 is 2.57 bits per heavy atom. The quantitative estimate of drug-likeness (QED) is 0.588. The van der Waals surface area contributed by atoms with Gasteiger partial charge in [-0.25, -0.2) is 4.79 Å². The fourth-order valence-electron chi connectivity index (χ4n) is 5.62. The van der Waals surface area contributed by atoms with E-state index in [2.05, 4.69) is 23.6 Å². The molecule has 2 atom stereocenters. The van der Waals surface area contributed by atoms with E-state index in [1.165, 1.54) is 5.69 Å². The van der Waals surface area contributed by atoms with Crippen LogP contribution in [0.15, 0.2) is 24.3 Å². The number of nitriles is 1. The molecule has 0 aliphatic carbocycles. The lowest BCUT2D eigenvalue weighted by molar-refractivity contribution is -0.139. The monoisotopic (exact) mass is 478 g/mol. The third-order valence-corrected chi connectivity index (χ3v) is 7.25. The maximum absolute atomic E-state index is 13.7. The number of nitrogens with zero attached hydrogens (tertiary/aromatic N) is 4. The summed E-state index contributed by atoms with van der Waals surface area (Å²) in [5.74, 6) is 0.0766.